The summed E-state index contributed by atoms with van der Waals surface area (Å²) in [5.41, 5.74) is 1.52. The summed E-state index contributed by atoms with van der Waals surface area (Å²) < 4.78 is 27.2. The van der Waals surface area contributed by atoms with Crippen molar-refractivity contribution in [2.24, 2.45) is 5.92 Å². The highest BCUT2D eigenvalue weighted by Crippen LogP contribution is 2.39. The lowest BCUT2D eigenvalue weighted by Gasteiger charge is -2.17. The topological polar surface area (TPSA) is 118 Å². The lowest BCUT2D eigenvalue weighted by molar-refractivity contribution is -0.145. The minimum Gasteiger partial charge on any atom is -0.497 e. The van der Waals surface area contributed by atoms with Crippen LogP contribution in [0.1, 0.15) is 27.9 Å². The summed E-state index contributed by atoms with van der Waals surface area (Å²) >= 11 is 6.59. The van der Waals surface area contributed by atoms with Crippen LogP contribution in [0.2, 0.25) is 5.02 Å². The third-order valence-electron chi connectivity index (χ3n) is 5.80. The Bertz CT molecular complexity index is 1290. The number of carbonyl (C=O) groups excluding carboxylic acids is 2. The molecule has 3 aromatic rings. The van der Waals surface area contributed by atoms with Crippen LogP contribution in [0, 0.1) is 5.92 Å². The van der Waals surface area contributed by atoms with Crippen LogP contribution in [-0.4, -0.2) is 50.6 Å². The Morgan fingerprint density at radius 1 is 0.795 bits per heavy atom. The number of hydrogen-bond donors (Lipinski definition) is 1. The van der Waals surface area contributed by atoms with Gasteiger partial charge in [-0.1, -0.05) is 35.9 Å². The molecule has 0 bridgehead atoms. The van der Waals surface area contributed by atoms with Crippen molar-refractivity contribution in [1.29, 1.82) is 0 Å². The molecular weight excluding hydrogens is 528 g/mol. The van der Waals surface area contributed by atoms with Gasteiger partial charge in [-0.2, -0.15) is 0 Å². The van der Waals surface area contributed by atoms with E-state index in [2.05, 4.69) is 0 Å². The van der Waals surface area contributed by atoms with E-state index >= 15 is 0 Å². The van der Waals surface area contributed by atoms with E-state index in [0.29, 0.717) is 11.5 Å². The van der Waals surface area contributed by atoms with Crippen molar-refractivity contribution >= 4 is 29.1 Å². The molecule has 0 heterocycles. The first kappa shape index (κ1) is 29.5. The maximum absolute atomic E-state index is 13.0. The molecular formula is C29H29ClO9. The number of carbonyl (C=O) groups is 3. The van der Waals surface area contributed by atoms with Gasteiger partial charge in [0.2, 0.25) is 11.6 Å². The molecule has 1 atom stereocenters. The highest BCUT2D eigenvalue weighted by Gasteiger charge is 2.29. The van der Waals surface area contributed by atoms with Crippen LogP contribution < -0.4 is 18.9 Å². The van der Waals surface area contributed by atoms with E-state index < -0.39 is 29.9 Å². The smallest absolute Gasteiger partial charge is 0.309 e. The van der Waals surface area contributed by atoms with Gasteiger partial charge in [0.1, 0.15) is 24.7 Å². The van der Waals surface area contributed by atoms with Gasteiger partial charge in [-0.3, -0.25) is 14.4 Å². The van der Waals surface area contributed by atoms with Gasteiger partial charge in [-0.15, -0.1) is 0 Å². The number of carboxylic acids is 1. The largest absolute Gasteiger partial charge is 0.497 e. The molecule has 0 aliphatic rings. The van der Waals surface area contributed by atoms with E-state index in [4.69, 9.17) is 35.3 Å². The van der Waals surface area contributed by atoms with E-state index in [1.165, 1.54) is 19.2 Å². The Labute approximate surface area is 231 Å². The summed E-state index contributed by atoms with van der Waals surface area (Å²) in [4.78, 5) is 37.1. The molecule has 0 spiro atoms. The highest BCUT2D eigenvalue weighted by molar-refractivity contribution is 6.48. The number of benzene rings is 3. The first-order valence-corrected chi connectivity index (χ1v) is 12.3. The quantitative estimate of drug-likeness (QED) is 0.204. The second-order valence-electron chi connectivity index (χ2n) is 8.47. The molecule has 0 aromatic heterocycles. The van der Waals surface area contributed by atoms with Crippen molar-refractivity contribution in [3.05, 3.63) is 82.4 Å². The summed E-state index contributed by atoms with van der Waals surface area (Å²) in [5, 5.41) is 9.20. The number of ether oxygens (including phenoxy) is 5. The number of hydrogen-bond acceptors (Lipinski definition) is 8. The number of methoxy groups -OCH3 is 3. The van der Waals surface area contributed by atoms with Crippen LogP contribution in [0.5, 0.6) is 23.0 Å². The van der Waals surface area contributed by atoms with Crippen LogP contribution in [-0.2, 0) is 27.5 Å². The zero-order valence-corrected chi connectivity index (χ0v) is 22.5. The molecule has 0 aliphatic heterocycles. The third kappa shape index (κ3) is 7.95. The van der Waals surface area contributed by atoms with Crippen LogP contribution in [0.25, 0.3) is 0 Å². The predicted molar refractivity (Wildman–Crippen MR) is 143 cm³/mol. The molecule has 10 heteroatoms. The highest BCUT2D eigenvalue weighted by atomic mass is 35.5. The fourth-order valence-corrected chi connectivity index (χ4v) is 3.90. The van der Waals surface area contributed by atoms with E-state index in [1.54, 1.807) is 38.5 Å². The number of ketones is 2. The monoisotopic (exact) mass is 556 g/mol. The minimum absolute atomic E-state index is 0.0753. The van der Waals surface area contributed by atoms with Gasteiger partial charge < -0.3 is 28.8 Å². The van der Waals surface area contributed by atoms with Crippen LogP contribution >= 0.6 is 11.6 Å². The summed E-state index contributed by atoms with van der Waals surface area (Å²) in [6.45, 7) is 0.0440. The molecule has 0 radical (unpaired) electrons. The molecule has 0 aliphatic carbocycles. The molecule has 206 valence electrons. The van der Waals surface area contributed by atoms with Gasteiger partial charge in [0.25, 0.3) is 0 Å². The summed E-state index contributed by atoms with van der Waals surface area (Å²) in [5.74, 6) is -2.53. The lowest BCUT2D eigenvalue weighted by Crippen LogP contribution is -2.26. The van der Waals surface area contributed by atoms with E-state index in [9.17, 15) is 19.5 Å². The lowest BCUT2D eigenvalue weighted by atomic mass is 9.97. The second kappa shape index (κ2) is 14.2. The zero-order valence-electron chi connectivity index (χ0n) is 21.8. The molecule has 9 nitrogen and oxygen atoms in total. The SMILES string of the molecule is COC[C@@H](CC(=O)C(=O)c1ccc(OCc2ccc(OC)cc2)c(OCc2ccc(OC)cc2)c1Cl)C(=O)O. The molecule has 0 saturated carbocycles. The molecule has 39 heavy (non-hydrogen) atoms. The minimum atomic E-state index is -1.24. The average molecular weight is 557 g/mol. The average Bonchev–Trinajstić information content (AvgIpc) is 2.95. The zero-order chi connectivity index (χ0) is 28.4. The third-order valence-corrected chi connectivity index (χ3v) is 6.18. The van der Waals surface area contributed by atoms with Gasteiger partial charge in [-0.25, -0.2) is 0 Å². The number of Topliss-reactive ketones (excluding diaryl/α,β-unsaturated/α-hetero) is 2. The Balaban J connectivity index is 1.87. The Kier molecular flexibility index (Phi) is 10.7. The van der Waals surface area contributed by atoms with Crippen molar-refractivity contribution in [2.45, 2.75) is 19.6 Å². The number of rotatable bonds is 15. The van der Waals surface area contributed by atoms with Gasteiger partial charge in [0.15, 0.2) is 11.5 Å². The van der Waals surface area contributed by atoms with E-state index in [1.807, 2.05) is 24.3 Å². The number of carboxylic acid groups (broad SMARTS) is 1. The van der Waals surface area contributed by atoms with Crippen molar-refractivity contribution in [3.8, 4) is 23.0 Å². The molecule has 0 unspecified atom stereocenters. The number of aliphatic carboxylic acids is 1. The molecule has 0 saturated heterocycles. The van der Waals surface area contributed by atoms with Crippen molar-refractivity contribution in [2.75, 3.05) is 27.9 Å². The molecule has 3 rings (SSSR count). The first-order chi connectivity index (χ1) is 18.8. The van der Waals surface area contributed by atoms with Gasteiger partial charge in [0, 0.05) is 19.1 Å². The molecule has 1 N–H and O–H groups in total. The maximum Gasteiger partial charge on any atom is 0.309 e. The van der Waals surface area contributed by atoms with Crippen LogP contribution in [0.15, 0.2) is 60.7 Å². The van der Waals surface area contributed by atoms with Gasteiger partial charge in [-0.05, 0) is 47.5 Å². The fraction of sp³-hybridized carbons (Fsp3) is 0.276. The van der Waals surface area contributed by atoms with E-state index in [0.717, 1.165) is 11.1 Å². The number of halogens is 1. The van der Waals surface area contributed by atoms with Gasteiger partial charge >= 0.3 is 5.97 Å². The Morgan fingerprint density at radius 3 is 1.82 bits per heavy atom. The maximum atomic E-state index is 13.0. The molecule has 3 aromatic carbocycles. The van der Waals surface area contributed by atoms with Crippen molar-refractivity contribution in [1.82, 2.24) is 0 Å². The Morgan fingerprint density at radius 2 is 1.33 bits per heavy atom. The van der Waals surface area contributed by atoms with Crippen LogP contribution in [0.4, 0.5) is 0 Å². The van der Waals surface area contributed by atoms with Crippen molar-refractivity contribution in [3.63, 3.8) is 0 Å². The molecule has 0 fully saturated rings. The van der Waals surface area contributed by atoms with Crippen molar-refractivity contribution < 1.29 is 43.2 Å². The standard InChI is InChI=1S/C29H29ClO9/c1-35-17-20(29(33)34)14-24(31)27(32)23-12-13-25(38-15-18-4-8-21(36-2)9-5-18)28(26(23)30)39-16-19-6-10-22(37-3)11-7-19/h4-13,20H,14-17H2,1-3H3,(H,33,34)/t20-/m1/s1. The summed E-state index contributed by atoms with van der Waals surface area (Å²) in [6.07, 6.45) is -0.532. The van der Waals surface area contributed by atoms with Gasteiger partial charge in [0.05, 0.1) is 31.8 Å². The van der Waals surface area contributed by atoms with E-state index in [-0.39, 0.29) is 41.9 Å². The molecule has 0 amide bonds. The normalized spacial score (nSPS) is 11.4. The second-order valence-corrected chi connectivity index (χ2v) is 8.85. The van der Waals surface area contributed by atoms with Crippen LogP contribution in [0.3, 0.4) is 0 Å². The first-order valence-electron chi connectivity index (χ1n) is 11.9. The predicted octanol–water partition coefficient (Wildman–Crippen LogP) is 5.00. The fourth-order valence-electron chi connectivity index (χ4n) is 3.61. The summed E-state index contributed by atoms with van der Waals surface area (Å²) in [7, 11) is 4.46. The summed E-state index contributed by atoms with van der Waals surface area (Å²) in [6, 6.07) is 17.3. The Hall–Kier alpha value is -4.08.